The van der Waals surface area contributed by atoms with Crippen LogP contribution in [0.15, 0.2) is 60.7 Å². The van der Waals surface area contributed by atoms with E-state index in [4.69, 9.17) is 9.47 Å². The summed E-state index contributed by atoms with van der Waals surface area (Å²) >= 11 is 0. The van der Waals surface area contributed by atoms with E-state index in [1.807, 2.05) is 36.4 Å². The molecule has 0 saturated heterocycles. The average Bonchev–Trinajstić information content (AvgIpc) is 3.66. The monoisotopic (exact) mass is 530 g/mol. The molecule has 0 aromatic heterocycles. The van der Waals surface area contributed by atoms with Gasteiger partial charge in [0.15, 0.2) is 0 Å². The highest BCUT2D eigenvalue weighted by Crippen LogP contribution is 2.51. The van der Waals surface area contributed by atoms with Crippen molar-refractivity contribution in [2.24, 2.45) is 11.3 Å². The second kappa shape index (κ2) is 11.4. The molecule has 2 fully saturated rings. The number of halogens is 1. The van der Waals surface area contributed by atoms with Crippen molar-refractivity contribution in [1.29, 1.82) is 0 Å². The Morgan fingerprint density at radius 3 is 2.54 bits per heavy atom. The van der Waals surface area contributed by atoms with Crippen molar-refractivity contribution in [3.8, 4) is 22.6 Å². The Morgan fingerprint density at radius 2 is 1.85 bits per heavy atom. The molecule has 3 aromatic carbocycles. The zero-order valence-electron chi connectivity index (χ0n) is 23.2. The van der Waals surface area contributed by atoms with Crippen LogP contribution in [0.4, 0.5) is 4.39 Å². The van der Waals surface area contributed by atoms with Crippen molar-refractivity contribution in [3.05, 3.63) is 83.2 Å². The predicted octanol–water partition coefficient (Wildman–Crippen LogP) is 8.73. The van der Waals surface area contributed by atoms with Gasteiger partial charge in [-0.1, -0.05) is 63.4 Å². The highest BCUT2D eigenvalue weighted by Gasteiger charge is 2.37. The summed E-state index contributed by atoms with van der Waals surface area (Å²) in [6.45, 7) is 5.00. The summed E-state index contributed by atoms with van der Waals surface area (Å²) in [6, 6.07) is 19.0. The smallest absolute Gasteiger partial charge is 0.303 e. The van der Waals surface area contributed by atoms with Gasteiger partial charge in [-0.2, -0.15) is 0 Å². The minimum Gasteiger partial charge on any atom is -0.497 e. The molecule has 0 aliphatic heterocycles. The topological polar surface area (TPSA) is 55.8 Å². The number of hydrogen-bond donors (Lipinski definition) is 1. The van der Waals surface area contributed by atoms with Crippen molar-refractivity contribution < 1.29 is 23.8 Å². The lowest BCUT2D eigenvalue weighted by molar-refractivity contribution is -0.137. The first-order chi connectivity index (χ1) is 18.7. The fraction of sp³-hybridized carbons (Fsp3) is 0.441. The van der Waals surface area contributed by atoms with Crippen LogP contribution >= 0.6 is 0 Å². The molecule has 2 aliphatic rings. The van der Waals surface area contributed by atoms with Crippen molar-refractivity contribution >= 4 is 5.97 Å². The molecule has 0 unspecified atom stereocenters. The van der Waals surface area contributed by atoms with Gasteiger partial charge in [0.1, 0.15) is 23.9 Å². The molecule has 206 valence electrons. The number of carbonyl (C=O) groups is 1. The Bertz CT molecular complexity index is 1330. The van der Waals surface area contributed by atoms with Crippen LogP contribution in [0.2, 0.25) is 0 Å². The van der Waals surface area contributed by atoms with Crippen LogP contribution in [0.25, 0.3) is 11.1 Å². The summed E-state index contributed by atoms with van der Waals surface area (Å²) in [6.07, 6.45) is 6.82. The normalized spacial score (nSPS) is 19.0. The predicted molar refractivity (Wildman–Crippen MR) is 152 cm³/mol. The molecule has 0 spiro atoms. The fourth-order valence-electron chi connectivity index (χ4n) is 6.31. The molecular formula is C34H39FO4. The molecule has 0 amide bonds. The highest BCUT2D eigenvalue weighted by atomic mass is 19.1. The van der Waals surface area contributed by atoms with Crippen LogP contribution < -0.4 is 9.47 Å². The molecule has 2 saturated carbocycles. The van der Waals surface area contributed by atoms with Crippen LogP contribution in [0, 0.1) is 17.2 Å². The number of hydrogen-bond acceptors (Lipinski definition) is 3. The first-order valence-corrected chi connectivity index (χ1v) is 14.1. The summed E-state index contributed by atoms with van der Waals surface area (Å²) in [5, 5.41) is 9.44. The van der Waals surface area contributed by atoms with E-state index in [2.05, 4.69) is 19.9 Å². The van der Waals surface area contributed by atoms with E-state index in [1.165, 1.54) is 18.9 Å². The van der Waals surface area contributed by atoms with Crippen LogP contribution in [0.3, 0.4) is 0 Å². The standard InChI is InChI=1S/C34H39FO4/c1-34(2)15-5-8-31(34)29-17-23(11-13-28(29)30-20-26(38-3)12-14-32(30)35)21-39-27-7-4-6-24(18-27)25(19-33(36)37)16-22-9-10-22/h4,6-7,11-14,17-18,20,22,25,31H,5,8-10,15-16,19,21H2,1-3H3,(H,36,37)/t25-,31-/m0/s1. The van der Waals surface area contributed by atoms with Crippen molar-refractivity contribution in [2.75, 3.05) is 7.11 Å². The highest BCUT2D eigenvalue weighted by molar-refractivity contribution is 5.71. The molecule has 0 bridgehead atoms. The Kier molecular flexibility index (Phi) is 7.97. The van der Waals surface area contributed by atoms with Crippen molar-refractivity contribution in [3.63, 3.8) is 0 Å². The Balaban J connectivity index is 1.41. The van der Waals surface area contributed by atoms with E-state index in [0.29, 0.717) is 29.8 Å². The maximum atomic E-state index is 15.1. The summed E-state index contributed by atoms with van der Waals surface area (Å²) < 4.78 is 26.7. The molecule has 0 heterocycles. The Morgan fingerprint density at radius 1 is 1.03 bits per heavy atom. The lowest BCUT2D eigenvalue weighted by Gasteiger charge is -2.30. The van der Waals surface area contributed by atoms with E-state index < -0.39 is 5.97 Å². The number of methoxy groups -OCH3 is 1. The van der Waals surface area contributed by atoms with Crippen molar-refractivity contribution in [2.45, 2.75) is 77.2 Å². The maximum absolute atomic E-state index is 15.1. The average molecular weight is 531 g/mol. The molecule has 2 atom stereocenters. The first-order valence-electron chi connectivity index (χ1n) is 14.1. The first kappa shape index (κ1) is 27.2. The number of ether oxygens (including phenoxy) is 2. The third kappa shape index (κ3) is 6.46. The zero-order valence-corrected chi connectivity index (χ0v) is 23.2. The summed E-state index contributed by atoms with van der Waals surface area (Å²) in [5.74, 6) is 1.33. The zero-order chi connectivity index (χ0) is 27.6. The summed E-state index contributed by atoms with van der Waals surface area (Å²) in [5.41, 5.74) is 4.81. The van der Waals surface area contributed by atoms with E-state index in [9.17, 15) is 9.90 Å². The van der Waals surface area contributed by atoms with Crippen LogP contribution in [-0.4, -0.2) is 18.2 Å². The molecule has 1 N–H and O–H groups in total. The molecule has 2 aliphatic carbocycles. The van der Waals surface area contributed by atoms with Gasteiger partial charge < -0.3 is 14.6 Å². The van der Waals surface area contributed by atoms with E-state index in [-0.39, 0.29) is 23.6 Å². The van der Waals surface area contributed by atoms with Gasteiger partial charge in [0, 0.05) is 5.56 Å². The third-order valence-corrected chi connectivity index (χ3v) is 8.68. The molecule has 5 heteroatoms. The van der Waals surface area contributed by atoms with E-state index in [0.717, 1.165) is 53.7 Å². The number of carboxylic acids is 1. The molecule has 5 rings (SSSR count). The summed E-state index contributed by atoms with van der Waals surface area (Å²) in [4.78, 5) is 11.5. The van der Waals surface area contributed by atoms with Crippen LogP contribution in [0.5, 0.6) is 11.5 Å². The van der Waals surface area contributed by atoms with Crippen LogP contribution in [0.1, 0.15) is 87.3 Å². The maximum Gasteiger partial charge on any atom is 0.303 e. The Hall–Kier alpha value is -3.34. The van der Waals surface area contributed by atoms with Gasteiger partial charge in [-0.3, -0.25) is 4.79 Å². The largest absolute Gasteiger partial charge is 0.497 e. The second-order valence-electron chi connectivity index (χ2n) is 12.0. The minimum atomic E-state index is -0.762. The van der Waals surface area contributed by atoms with Crippen LogP contribution in [-0.2, 0) is 11.4 Å². The van der Waals surface area contributed by atoms with Gasteiger partial charge >= 0.3 is 5.97 Å². The molecule has 3 aromatic rings. The Labute approximate surface area is 231 Å². The lowest BCUT2D eigenvalue weighted by atomic mass is 9.75. The van der Waals surface area contributed by atoms with Gasteiger partial charge in [0.05, 0.1) is 13.5 Å². The second-order valence-corrected chi connectivity index (χ2v) is 12.0. The molecular weight excluding hydrogens is 491 g/mol. The SMILES string of the molecule is COc1ccc(F)c(-c2ccc(COc3cccc([C@H](CC(=O)O)CC4CC4)c3)cc2[C@@H]2CCCC2(C)C)c1. The van der Waals surface area contributed by atoms with Gasteiger partial charge in [-0.05, 0) is 95.0 Å². The van der Waals surface area contributed by atoms with Gasteiger partial charge in [0.2, 0.25) is 0 Å². The van der Waals surface area contributed by atoms with Gasteiger partial charge in [-0.25, -0.2) is 4.39 Å². The van der Waals surface area contributed by atoms with Gasteiger partial charge in [0.25, 0.3) is 0 Å². The van der Waals surface area contributed by atoms with Gasteiger partial charge in [-0.15, -0.1) is 0 Å². The number of benzene rings is 3. The number of carboxylic acid groups (broad SMARTS) is 1. The third-order valence-electron chi connectivity index (χ3n) is 8.68. The fourth-order valence-corrected chi connectivity index (χ4v) is 6.31. The molecule has 0 radical (unpaired) electrons. The molecule has 39 heavy (non-hydrogen) atoms. The number of rotatable bonds is 11. The summed E-state index contributed by atoms with van der Waals surface area (Å²) in [7, 11) is 1.60. The quantitative estimate of drug-likeness (QED) is 0.269. The van der Waals surface area contributed by atoms with E-state index >= 15 is 4.39 Å². The minimum absolute atomic E-state index is 0.00629. The lowest BCUT2D eigenvalue weighted by Crippen LogP contribution is -2.17. The van der Waals surface area contributed by atoms with E-state index in [1.54, 1.807) is 19.2 Å². The molecule has 4 nitrogen and oxygen atoms in total. The number of aliphatic carboxylic acids is 1. The van der Waals surface area contributed by atoms with Crippen molar-refractivity contribution in [1.82, 2.24) is 0 Å².